The van der Waals surface area contributed by atoms with Crippen LogP contribution in [0.15, 0.2) is 30.5 Å². The van der Waals surface area contributed by atoms with Gasteiger partial charge >= 0.3 is 0 Å². The molecule has 1 aliphatic heterocycles. The van der Waals surface area contributed by atoms with Gasteiger partial charge in [0.25, 0.3) is 0 Å². The standard InChI is InChI=1S/C16H23N3O/c1-17-13-14-3-2-4-16-15(14)5-6-19(16)8-7-18-9-11-20-12-10-18/h2-6,17H,7-13H2,1H3. The number of nitrogens with one attached hydrogen (secondary N) is 1. The van der Waals surface area contributed by atoms with Crippen LogP contribution in [0.25, 0.3) is 10.9 Å². The van der Waals surface area contributed by atoms with Crippen molar-refractivity contribution in [3.05, 3.63) is 36.0 Å². The highest BCUT2D eigenvalue weighted by molar-refractivity contribution is 5.83. The van der Waals surface area contributed by atoms with Crippen LogP contribution in [-0.2, 0) is 17.8 Å². The Balaban J connectivity index is 1.73. The molecule has 0 atom stereocenters. The van der Waals surface area contributed by atoms with Crippen molar-refractivity contribution in [2.24, 2.45) is 0 Å². The van der Waals surface area contributed by atoms with Gasteiger partial charge in [0.05, 0.1) is 13.2 Å². The molecule has 1 fully saturated rings. The van der Waals surface area contributed by atoms with Gasteiger partial charge in [-0.15, -0.1) is 0 Å². The van der Waals surface area contributed by atoms with Crippen molar-refractivity contribution in [3.8, 4) is 0 Å². The van der Waals surface area contributed by atoms with Crippen LogP contribution in [0.4, 0.5) is 0 Å². The van der Waals surface area contributed by atoms with E-state index in [4.69, 9.17) is 4.74 Å². The van der Waals surface area contributed by atoms with Crippen LogP contribution >= 0.6 is 0 Å². The summed E-state index contributed by atoms with van der Waals surface area (Å²) in [5.74, 6) is 0. The lowest BCUT2D eigenvalue weighted by Gasteiger charge is -2.26. The van der Waals surface area contributed by atoms with Crippen LogP contribution in [0.1, 0.15) is 5.56 Å². The highest BCUT2D eigenvalue weighted by atomic mass is 16.5. The molecule has 0 bridgehead atoms. The summed E-state index contributed by atoms with van der Waals surface area (Å²) in [5, 5.41) is 4.60. The van der Waals surface area contributed by atoms with Crippen LogP contribution in [-0.4, -0.2) is 49.4 Å². The number of ether oxygens (including phenoxy) is 1. The Morgan fingerprint density at radius 1 is 1.15 bits per heavy atom. The third-order valence-corrected chi connectivity index (χ3v) is 4.03. The zero-order valence-electron chi connectivity index (χ0n) is 12.1. The third kappa shape index (κ3) is 2.87. The summed E-state index contributed by atoms with van der Waals surface area (Å²) >= 11 is 0. The second-order valence-electron chi connectivity index (χ2n) is 5.34. The van der Waals surface area contributed by atoms with Gasteiger partial charge in [-0.1, -0.05) is 12.1 Å². The number of hydrogen-bond donors (Lipinski definition) is 1. The number of morpholine rings is 1. The normalized spacial score (nSPS) is 16.9. The lowest BCUT2D eigenvalue weighted by atomic mass is 10.1. The van der Waals surface area contributed by atoms with E-state index in [0.717, 1.165) is 45.9 Å². The van der Waals surface area contributed by atoms with E-state index in [1.165, 1.54) is 16.5 Å². The molecule has 3 rings (SSSR count). The van der Waals surface area contributed by atoms with Crippen molar-refractivity contribution in [1.82, 2.24) is 14.8 Å². The zero-order chi connectivity index (χ0) is 13.8. The van der Waals surface area contributed by atoms with Gasteiger partial charge in [-0.25, -0.2) is 0 Å². The Morgan fingerprint density at radius 2 is 2.00 bits per heavy atom. The van der Waals surface area contributed by atoms with Gasteiger partial charge in [0, 0.05) is 49.8 Å². The van der Waals surface area contributed by atoms with E-state index in [9.17, 15) is 0 Å². The minimum Gasteiger partial charge on any atom is -0.379 e. The van der Waals surface area contributed by atoms with Crippen LogP contribution in [0.5, 0.6) is 0 Å². The molecular weight excluding hydrogens is 250 g/mol. The maximum Gasteiger partial charge on any atom is 0.0594 e. The highest BCUT2D eigenvalue weighted by Crippen LogP contribution is 2.20. The molecule has 20 heavy (non-hydrogen) atoms. The molecule has 0 saturated carbocycles. The first kappa shape index (κ1) is 13.6. The maximum absolute atomic E-state index is 5.39. The Labute approximate surface area is 120 Å². The summed E-state index contributed by atoms with van der Waals surface area (Å²) < 4.78 is 7.76. The Hall–Kier alpha value is -1.36. The first-order valence-electron chi connectivity index (χ1n) is 7.40. The van der Waals surface area contributed by atoms with Crippen molar-refractivity contribution in [1.29, 1.82) is 0 Å². The first-order chi connectivity index (χ1) is 9.88. The van der Waals surface area contributed by atoms with Crippen molar-refractivity contribution in [2.45, 2.75) is 13.1 Å². The minimum atomic E-state index is 0.874. The predicted octanol–water partition coefficient (Wildman–Crippen LogP) is 1.69. The number of fused-ring (bicyclic) bond motifs is 1. The summed E-state index contributed by atoms with van der Waals surface area (Å²) in [4.78, 5) is 2.48. The summed E-state index contributed by atoms with van der Waals surface area (Å²) in [6.45, 7) is 6.94. The van der Waals surface area contributed by atoms with Gasteiger partial charge in [0.15, 0.2) is 0 Å². The quantitative estimate of drug-likeness (QED) is 0.899. The minimum absolute atomic E-state index is 0.874. The summed E-state index contributed by atoms with van der Waals surface area (Å²) in [7, 11) is 1.99. The lowest BCUT2D eigenvalue weighted by Crippen LogP contribution is -2.38. The van der Waals surface area contributed by atoms with Gasteiger partial charge in [0.1, 0.15) is 0 Å². The van der Waals surface area contributed by atoms with E-state index in [0.29, 0.717) is 0 Å². The number of rotatable bonds is 5. The fraction of sp³-hybridized carbons (Fsp3) is 0.500. The van der Waals surface area contributed by atoms with Crippen molar-refractivity contribution in [2.75, 3.05) is 39.9 Å². The highest BCUT2D eigenvalue weighted by Gasteiger charge is 2.11. The second kappa shape index (κ2) is 6.39. The fourth-order valence-electron chi connectivity index (χ4n) is 2.90. The van der Waals surface area contributed by atoms with Crippen LogP contribution < -0.4 is 5.32 Å². The van der Waals surface area contributed by atoms with E-state index in [1.807, 2.05) is 7.05 Å². The molecule has 0 unspecified atom stereocenters. The van der Waals surface area contributed by atoms with E-state index < -0.39 is 0 Å². The van der Waals surface area contributed by atoms with Gasteiger partial charge in [-0.2, -0.15) is 0 Å². The fourth-order valence-corrected chi connectivity index (χ4v) is 2.90. The predicted molar refractivity (Wildman–Crippen MR) is 82.0 cm³/mol. The molecule has 1 saturated heterocycles. The number of benzene rings is 1. The van der Waals surface area contributed by atoms with Gasteiger partial charge < -0.3 is 14.6 Å². The molecule has 4 nitrogen and oxygen atoms in total. The van der Waals surface area contributed by atoms with Crippen molar-refractivity contribution < 1.29 is 4.74 Å². The SMILES string of the molecule is CNCc1cccc2c1ccn2CCN1CCOCC1. The first-order valence-corrected chi connectivity index (χ1v) is 7.40. The maximum atomic E-state index is 5.39. The molecule has 108 valence electrons. The molecule has 0 aliphatic carbocycles. The zero-order valence-corrected chi connectivity index (χ0v) is 12.1. The summed E-state index contributed by atoms with van der Waals surface area (Å²) in [5.41, 5.74) is 2.71. The van der Waals surface area contributed by atoms with Crippen LogP contribution in [0, 0.1) is 0 Å². The summed E-state index contributed by atoms with van der Waals surface area (Å²) in [6.07, 6.45) is 2.21. The van der Waals surface area contributed by atoms with Crippen LogP contribution in [0.3, 0.4) is 0 Å². The summed E-state index contributed by atoms with van der Waals surface area (Å²) in [6, 6.07) is 8.81. The van der Waals surface area contributed by atoms with Crippen molar-refractivity contribution >= 4 is 10.9 Å². The molecule has 2 aromatic rings. The molecule has 2 heterocycles. The number of nitrogens with zero attached hydrogens (tertiary/aromatic N) is 2. The van der Waals surface area contributed by atoms with Gasteiger partial charge in [-0.3, -0.25) is 4.90 Å². The molecule has 0 radical (unpaired) electrons. The number of aromatic nitrogens is 1. The average molecular weight is 273 g/mol. The molecule has 1 aromatic carbocycles. The molecule has 1 N–H and O–H groups in total. The van der Waals surface area contributed by atoms with E-state index in [2.05, 4.69) is 45.2 Å². The van der Waals surface area contributed by atoms with E-state index in [1.54, 1.807) is 0 Å². The molecule has 4 heteroatoms. The molecule has 0 amide bonds. The van der Waals surface area contributed by atoms with Gasteiger partial charge in [0.2, 0.25) is 0 Å². The van der Waals surface area contributed by atoms with E-state index in [-0.39, 0.29) is 0 Å². The topological polar surface area (TPSA) is 29.4 Å². The molecule has 0 spiro atoms. The smallest absolute Gasteiger partial charge is 0.0594 e. The monoisotopic (exact) mass is 273 g/mol. The molecule has 1 aliphatic rings. The average Bonchev–Trinajstić information content (AvgIpc) is 2.91. The lowest BCUT2D eigenvalue weighted by molar-refractivity contribution is 0.0365. The van der Waals surface area contributed by atoms with Crippen molar-refractivity contribution in [3.63, 3.8) is 0 Å². The number of hydrogen-bond acceptors (Lipinski definition) is 3. The largest absolute Gasteiger partial charge is 0.379 e. The Bertz CT molecular complexity index is 558. The van der Waals surface area contributed by atoms with E-state index >= 15 is 0 Å². The molecular formula is C16H23N3O. The van der Waals surface area contributed by atoms with Gasteiger partial charge in [-0.05, 0) is 24.7 Å². The Kier molecular flexibility index (Phi) is 4.35. The third-order valence-electron chi connectivity index (χ3n) is 4.03. The Morgan fingerprint density at radius 3 is 2.80 bits per heavy atom. The second-order valence-corrected chi connectivity index (χ2v) is 5.34. The van der Waals surface area contributed by atoms with Crippen LogP contribution in [0.2, 0.25) is 0 Å². The molecule has 1 aromatic heterocycles.